The molecule has 0 aromatic carbocycles. The van der Waals surface area contributed by atoms with Crippen LogP contribution >= 0.6 is 0 Å². The van der Waals surface area contributed by atoms with Crippen molar-refractivity contribution in [3.05, 3.63) is 41.7 Å². The first-order valence-corrected chi connectivity index (χ1v) is 8.92. The van der Waals surface area contributed by atoms with Gasteiger partial charge in [-0.05, 0) is 24.9 Å². The molecule has 1 N–H and O–H groups in total. The maximum atomic E-state index is 5.44. The van der Waals surface area contributed by atoms with E-state index in [4.69, 9.17) is 9.62 Å². The Morgan fingerprint density at radius 3 is 3.12 bits per heavy atom. The molecule has 25 heavy (non-hydrogen) atoms. The lowest BCUT2D eigenvalue weighted by atomic mass is 10.1. The monoisotopic (exact) mass is 340 g/mol. The highest BCUT2D eigenvalue weighted by Crippen LogP contribution is 2.20. The average molecular weight is 340 g/mol. The minimum atomic E-state index is 0.555. The third kappa shape index (κ3) is 3.51. The Bertz CT molecular complexity index is 820. The third-order valence-electron chi connectivity index (χ3n) is 4.39. The molecule has 7 nitrogen and oxygen atoms in total. The lowest BCUT2D eigenvalue weighted by Gasteiger charge is -2.03. The summed E-state index contributed by atoms with van der Waals surface area (Å²) in [6.45, 7) is 7.83. The van der Waals surface area contributed by atoms with Gasteiger partial charge in [0.25, 0.3) is 0 Å². The Balaban J connectivity index is 1.55. The topological polar surface area (TPSA) is 73.7 Å². The SMILES string of the molecule is CC(C)Cc1cc(Cn2ccnc2-c2cc3n(n2)CCCNC3)no1. The van der Waals surface area contributed by atoms with Gasteiger partial charge in [-0.3, -0.25) is 4.68 Å². The molecule has 3 aromatic heterocycles. The largest absolute Gasteiger partial charge is 0.361 e. The van der Waals surface area contributed by atoms with Gasteiger partial charge in [-0.1, -0.05) is 19.0 Å². The van der Waals surface area contributed by atoms with E-state index in [-0.39, 0.29) is 0 Å². The molecule has 0 saturated carbocycles. The van der Waals surface area contributed by atoms with Gasteiger partial charge in [0, 0.05) is 38.0 Å². The number of hydrogen-bond donors (Lipinski definition) is 1. The quantitative estimate of drug-likeness (QED) is 0.772. The molecule has 0 saturated heterocycles. The zero-order valence-corrected chi connectivity index (χ0v) is 14.8. The first-order chi connectivity index (χ1) is 12.2. The zero-order valence-electron chi connectivity index (χ0n) is 14.8. The molecule has 0 aliphatic carbocycles. The van der Waals surface area contributed by atoms with Gasteiger partial charge in [0.05, 0.1) is 12.2 Å². The van der Waals surface area contributed by atoms with Crippen molar-refractivity contribution in [1.82, 2.24) is 29.8 Å². The van der Waals surface area contributed by atoms with E-state index in [0.29, 0.717) is 12.5 Å². The Hall–Kier alpha value is -2.41. The molecule has 7 heteroatoms. The third-order valence-corrected chi connectivity index (χ3v) is 4.39. The molecule has 0 spiro atoms. The number of hydrogen-bond acceptors (Lipinski definition) is 5. The normalized spacial score (nSPS) is 14.7. The summed E-state index contributed by atoms with van der Waals surface area (Å²) in [5.41, 5.74) is 3.04. The van der Waals surface area contributed by atoms with E-state index in [0.717, 1.165) is 55.4 Å². The second-order valence-corrected chi connectivity index (χ2v) is 7.04. The van der Waals surface area contributed by atoms with Gasteiger partial charge < -0.3 is 14.4 Å². The molecule has 4 heterocycles. The number of rotatable bonds is 5. The second-order valence-electron chi connectivity index (χ2n) is 7.04. The highest BCUT2D eigenvalue weighted by Gasteiger charge is 2.16. The van der Waals surface area contributed by atoms with E-state index in [9.17, 15) is 0 Å². The second kappa shape index (κ2) is 6.84. The number of aryl methyl sites for hydroxylation is 1. The molecule has 132 valence electrons. The summed E-state index contributed by atoms with van der Waals surface area (Å²) in [7, 11) is 0. The maximum Gasteiger partial charge on any atom is 0.160 e. The van der Waals surface area contributed by atoms with Crippen molar-refractivity contribution in [2.45, 2.75) is 46.3 Å². The van der Waals surface area contributed by atoms with Crippen molar-refractivity contribution in [2.24, 2.45) is 5.92 Å². The van der Waals surface area contributed by atoms with E-state index < -0.39 is 0 Å². The van der Waals surface area contributed by atoms with Crippen LogP contribution in [0.3, 0.4) is 0 Å². The van der Waals surface area contributed by atoms with Gasteiger partial charge in [0.15, 0.2) is 5.82 Å². The molecular weight excluding hydrogens is 316 g/mol. The Morgan fingerprint density at radius 1 is 1.32 bits per heavy atom. The first kappa shape index (κ1) is 16.1. The van der Waals surface area contributed by atoms with Gasteiger partial charge in [-0.25, -0.2) is 4.98 Å². The smallest absolute Gasteiger partial charge is 0.160 e. The van der Waals surface area contributed by atoms with Crippen molar-refractivity contribution < 1.29 is 4.52 Å². The van der Waals surface area contributed by atoms with Gasteiger partial charge in [-0.15, -0.1) is 0 Å². The fourth-order valence-electron chi connectivity index (χ4n) is 3.24. The van der Waals surface area contributed by atoms with Crippen molar-refractivity contribution in [2.75, 3.05) is 6.54 Å². The Morgan fingerprint density at radius 2 is 2.24 bits per heavy atom. The van der Waals surface area contributed by atoms with Crippen LogP contribution in [0.25, 0.3) is 11.5 Å². The fourth-order valence-corrected chi connectivity index (χ4v) is 3.24. The number of nitrogens with one attached hydrogen (secondary N) is 1. The van der Waals surface area contributed by atoms with Crippen LogP contribution in [-0.4, -0.2) is 31.0 Å². The molecule has 0 fully saturated rings. The number of aromatic nitrogens is 5. The predicted octanol–water partition coefficient (Wildman–Crippen LogP) is 2.47. The summed E-state index contributed by atoms with van der Waals surface area (Å²) in [6, 6.07) is 4.17. The minimum Gasteiger partial charge on any atom is -0.361 e. The molecule has 0 bridgehead atoms. The van der Waals surface area contributed by atoms with Crippen LogP contribution in [0, 0.1) is 5.92 Å². The van der Waals surface area contributed by atoms with E-state index in [2.05, 4.69) is 44.6 Å². The van der Waals surface area contributed by atoms with E-state index in [1.54, 1.807) is 0 Å². The Kier molecular flexibility index (Phi) is 4.40. The summed E-state index contributed by atoms with van der Waals surface area (Å²) in [6.07, 6.45) is 5.78. The molecule has 1 aliphatic heterocycles. The zero-order chi connectivity index (χ0) is 17.2. The van der Waals surface area contributed by atoms with Crippen LogP contribution in [0.1, 0.15) is 37.4 Å². The molecule has 0 radical (unpaired) electrons. The van der Waals surface area contributed by atoms with Crippen LogP contribution < -0.4 is 5.32 Å². The summed E-state index contributed by atoms with van der Waals surface area (Å²) < 4.78 is 9.60. The van der Waals surface area contributed by atoms with Gasteiger partial charge in [0.1, 0.15) is 17.1 Å². The number of fused-ring (bicyclic) bond motifs is 1. The van der Waals surface area contributed by atoms with Gasteiger partial charge in [-0.2, -0.15) is 5.10 Å². The lowest BCUT2D eigenvalue weighted by Crippen LogP contribution is -2.11. The number of imidazole rings is 1. The van der Waals surface area contributed by atoms with Crippen molar-refractivity contribution in [3.63, 3.8) is 0 Å². The first-order valence-electron chi connectivity index (χ1n) is 8.92. The minimum absolute atomic E-state index is 0.555. The highest BCUT2D eigenvalue weighted by atomic mass is 16.5. The fraction of sp³-hybridized carbons (Fsp3) is 0.500. The molecule has 4 rings (SSSR count). The lowest BCUT2D eigenvalue weighted by molar-refractivity contribution is 0.362. The summed E-state index contributed by atoms with van der Waals surface area (Å²) in [5.74, 6) is 2.36. The summed E-state index contributed by atoms with van der Waals surface area (Å²) >= 11 is 0. The average Bonchev–Trinajstić information content (AvgIpc) is 3.26. The van der Waals surface area contributed by atoms with Crippen molar-refractivity contribution >= 4 is 0 Å². The van der Waals surface area contributed by atoms with E-state index >= 15 is 0 Å². The maximum absolute atomic E-state index is 5.44. The molecule has 0 atom stereocenters. The molecule has 3 aromatic rings. The number of nitrogens with zero attached hydrogens (tertiary/aromatic N) is 5. The van der Waals surface area contributed by atoms with Crippen molar-refractivity contribution in [1.29, 1.82) is 0 Å². The van der Waals surface area contributed by atoms with Crippen LogP contribution in [0.5, 0.6) is 0 Å². The van der Waals surface area contributed by atoms with Crippen LogP contribution in [0.2, 0.25) is 0 Å². The highest BCUT2D eigenvalue weighted by molar-refractivity contribution is 5.50. The van der Waals surface area contributed by atoms with Crippen LogP contribution in [0.4, 0.5) is 0 Å². The molecule has 0 unspecified atom stereocenters. The van der Waals surface area contributed by atoms with Crippen LogP contribution in [0.15, 0.2) is 29.0 Å². The van der Waals surface area contributed by atoms with Gasteiger partial charge in [0.2, 0.25) is 0 Å². The summed E-state index contributed by atoms with van der Waals surface area (Å²) in [5, 5.41) is 12.4. The predicted molar refractivity (Wildman–Crippen MR) is 93.9 cm³/mol. The standard InChI is InChI=1S/C18H24N6O/c1-13(2)8-16-9-14(22-25-16)12-23-7-5-20-18(23)17-10-15-11-19-4-3-6-24(15)21-17/h5,7,9-10,13,19H,3-4,6,8,11-12H2,1-2H3. The van der Waals surface area contributed by atoms with E-state index in [1.165, 1.54) is 5.69 Å². The van der Waals surface area contributed by atoms with Crippen molar-refractivity contribution in [3.8, 4) is 11.5 Å². The molecule has 1 aliphatic rings. The van der Waals surface area contributed by atoms with Crippen LogP contribution in [-0.2, 0) is 26.1 Å². The Labute approximate surface area is 147 Å². The van der Waals surface area contributed by atoms with E-state index in [1.807, 2.05) is 18.5 Å². The molecular formula is C18H24N6O. The molecule has 0 amide bonds. The van der Waals surface area contributed by atoms with Gasteiger partial charge >= 0.3 is 0 Å². The summed E-state index contributed by atoms with van der Waals surface area (Å²) in [4.78, 5) is 4.51.